The number of aliphatic carboxylic acids is 1. The van der Waals surface area contributed by atoms with Crippen LogP contribution in [0.15, 0.2) is 30.6 Å². The van der Waals surface area contributed by atoms with Crippen LogP contribution in [0.3, 0.4) is 0 Å². The lowest BCUT2D eigenvalue weighted by Crippen LogP contribution is -2.56. The van der Waals surface area contributed by atoms with Crippen molar-refractivity contribution < 1.29 is 51.4 Å². The molecule has 2 rings (SSSR count). The van der Waals surface area contributed by atoms with Gasteiger partial charge in [0.1, 0.15) is 18.7 Å². The van der Waals surface area contributed by atoms with Gasteiger partial charge in [0.25, 0.3) is 0 Å². The molecule has 2 aromatic rings. The summed E-state index contributed by atoms with van der Waals surface area (Å²) in [6.07, 6.45) is 1.70. The Hall–Kier alpha value is -4.56. The summed E-state index contributed by atoms with van der Waals surface area (Å²) in [5.74, 6) is -15.9. The summed E-state index contributed by atoms with van der Waals surface area (Å²) in [6, 6.07) is -0.545. The largest absolute Gasteiger partial charge is 0.481 e. The average molecular weight is 542 g/mol. The van der Waals surface area contributed by atoms with Crippen molar-refractivity contribution in [2.75, 3.05) is 11.9 Å². The maximum absolute atomic E-state index is 13.8. The number of hydrogen-bond acceptors (Lipinski definition) is 7. The third kappa shape index (κ3) is 7.97. The zero-order valence-electron chi connectivity index (χ0n) is 19.9. The number of nitrogens with one attached hydrogen (secondary N) is 3. The molecule has 0 radical (unpaired) electrons. The van der Waals surface area contributed by atoms with Gasteiger partial charge < -0.3 is 25.8 Å². The first-order valence-corrected chi connectivity index (χ1v) is 10.8. The van der Waals surface area contributed by atoms with Crippen LogP contribution < -0.4 is 20.7 Å². The maximum Gasteiger partial charge on any atom is 0.313 e. The fraction of sp³-hybridized carbons (Fsp3) is 0.304. The monoisotopic (exact) mass is 542 g/mol. The van der Waals surface area contributed by atoms with Gasteiger partial charge in [-0.3, -0.25) is 29.0 Å². The van der Waals surface area contributed by atoms with Crippen molar-refractivity contribution in [3.63, 3.8) is 0 Å². The Morgan fingerprint density at radius 3 is 2.05 bits per heavy atom. The number of carbonyl (C=O) groups is 5. The lowest BCUT2D eigenvalue weighted by Gasteiger charge is -2.24. The molecule has 3 amide bonds. The second-order valence-corrected chi connectivity index (χ2v) is 8.10. The third-order valence-electron chi connectivity index (χ3n) is 4.89. The summed E-state index contributed by atoms with van der Waals surface area (Å²) in [5.41, 5.74) is 0.240. The molecule has 4 N–H and O–H groups in total. The van der Waals surface area contributed by atoms with Crippen LogP contribution in [0.5, 0.6) is 5.75 Å². The molecule has 0 fully saturated rings. The molecule has 0 saturated heterocycles. The van der Waals surface area contributed by atoms with Gasteiger partial charge in [0.15, 0.2) is 23.2 Å². The number of Topliss-reactive ketones (excluding diaryl/α,β-unsaturated/α-hetero) is 1. The van der Waals surface area contributed by atoms with Gasteiger partial charge in [-0.25, -0.2) is 8.78 Å². The summed E-state index contributed by atoms with van der Waals surface area (Å²) in [4.78, 5) is 64.7. The number of ketones is 1. The standard InChI is InChI=1S/C23H22F4N4O7/c1-10(2)19(31-23(37)22(36)29-11-3-5-28-6-4-11)21(35)30-14(8-16(33)34)15(32)9-38-20-17(26)12(24)7-13(25)18(20)27/h3-7,10,14,19H,8-9H2,1-2H3,(H,30,35)(H,31,37)(H,33,34)(H,28,29,36)/t14-,19-/m0/s1. The fourth-order valence-electron chi connectivity index (χ4n) is 2.97. The summed E-state index contributed by atoms with van der Waals surface area (Å²) in [6.45, 7) is 1.68. The van der Waals surface area contributed by atoms with E-state index in [0.717, 1.165) is 0 Å². The number of carbonyl (C=O) groups excluding carboxylic acids is 4. The van der Waals surface area contributed by atoms with Crippen molar-refractivity contribution in [1.82, 2.24) is 15.6 Å². The number of nitrogens with zero attached hydrogens (tertiary/aromatic N) is 1. The molecule has 0 aliphatic heterocycles. The minimum Gasteiger partial charge on any atom is -0.481 e. The molecule has 15 heteroatoms. The van der Waals surface area contributed by atoms with E-state index in [2.05, 4.69) is 25.7 Å². The molecule has 11 nitrogen and oxygen atoms in total. The second-order valence-electron chi connectivity index (χ2n) is 8.10. The molecular weight excluding hydrogens is 520 g/mol. The lowest BCUT2D eigenvalue weighted by molar-refractivity contribution is -0.141. The smallest absolute Gasteiger partial charge is 0.313 e. The summed E-state index contributed by atoms with van der Waals surface area (Å²) < 4.78 is 58.8. The first kappa shape index (κ1) is 29.7. The SMILES string of the molecule is CC(C)[C@H](NC(=O)C(=O)Nc1ccncc1)C(=O)N[C@@H](CC(=O)O)C(=O)COc1c(F)c(F)cc(F)c1F. The number of anilines is 1. The number of benzene rings is 1. The molecule has 2 atom stereocenters. The van der Waals surface area contributed by atoms with E-state index in [1.807, 2.05) is 0 Å². The Morgan fingerprint density at radius 1 is 0.947 bits per heavy atom. The topological polar surface area (TPSA) is 164 Å². The molecule has 1 heterocycles. The van der Waals surface area contributed by atoms with Crippen molar-refractivity contribution in [1.29, 1.82) is 0 Å². The van der Waals surface area contributed by atoms with Crippen LogP contribution in [-0.4, -0.2) is 58.3 Å². The Labute approximate surface area is 212 Å². The van der Waals surface area contributed by atoms with Crippen LogP contribution in [0.4, 0.5) is 23.2 Å². The number of rotatable bonds is 11. The van der Waals surface area contributed by atoms with Gasteiger partial charge in [0, 0.05) is 24.1 Å². The van der Waals surface area contributed by atoms with Crippen molar-refractivity contribution in [3.05, 3.63) is 53.9 Å². The van der Waals surface area contributed by atoms with Gasteiger partial charge in [-0.05, 0) is 18.1 Å². The van der Waals surface area contributed by atoms with Crippen LogP contribution in [0.2, 0.25) is 0 Å². The summed E-state index contributed by atoms with van der Waals surface area (Å²) >= 11 is 0. The molecule has 0 bridgehead atoms. The van der Waals surface area contributed by atoms with Crippen molar-refractivity contribution >= 4 is 35.2 Å². The van der Waals surface area contributed by atoms with E-state index in [0.29, 0.717) is 0 Å². The van der Waals surface area contributed by atoms with Crippen LogP contribution in [0, 0.1) is 29.2 Å². The number of halogens is 4. The molecule has 204 valence electrons. The van der Waals surface area contributed by atoms with Gasteiger partial charge in [0.2, 0.25) is 17.5 Å². The van der Waals surface area contributed by atoms with E-state index in [9.17, 15) is 41.5 Å². The predicted molar refractivity (Wildman–Crippen MR) is 121 cm³/mol. The molecular formula is C23H22F4N4O7. The highest BCUT2D eigenvalue weighted by molar-refractivity contribution is 6.40. The van der Waals surface area contributed by atoms with Crippen molar-refractivity contribution in [2.24, 2.45) is 5.92 Å². The van der Waals surface area contributed by atoms with Gasteiger partial charge >= 0.3 is 17.8 Å². The van der Waals surface area contributed by atoms with Crippen LogP contribution >= 0.6 is 0 Å². The molecule has 0 aliphatic rings. The zero-order chi connectivity index (χ0) is 28.6. The number of hydrogen-bond donors (Lipinski definition) is 4. The van der Waals surface area contributed by atoms with E-state index in [1.165, 1.54) is 38.4 Å². The van der Waals surface area contributed by atoms with Gasteiger partial charge in [-0.2, -0.15) is 8.78 Å². The highest BCUT2D eigenvalue weighted by Crippen LogP contribution is 2.26. The van der Waals surface area contributed by atoms with Crippen molar-refractivity contribution in [3.8, 4) is 5.75 Å². The number of carboxylic acids is 1. The van der Waals surface area contributed by atoms with E-state index >= 15 is 0 Å². The number of pyridine rings is 1. The van der Waals surface area contributed by atoms with Gasteiger partial charge in [0.05, 0.1) is 6.42 Å². The number of aromatic nitrogens is 1. The minimum absolute atomic E-state index is 0.0789. The Bertz CT molecular complexity index is 1200. The summed E-state index contributed by atoms with van der Waals surface area (Å²) in [5, 5.41) is 15.6. The number of carboxylic acid groups (broad SMARTS) is 1. The Morgan fingerprint density at radius 2 is 1.53 bits per heavy atom. The predicted octanol–water partition coefficient (Wildman–Crippen LogP) is 1.32. The molecule has 0 aliphatic carbocycles. The first-order chi connectivity index (χ1) is 17.8. The number of amides is 3. The Balaban J connectivity index is 2.12. The van der Waals surface area contributed by atoms with E-state index < -0.39 is 89.5 Å². The molecule has 1 aromatic heterocycles. The fourth-order valence-corrected chi connectivity index (χ4v) is 2.97. The van der Waals surface area contributed by atoms with Crippen LogP contribution in [0.25, 0.3) is 0 Å². The average Bonchev–Trinajstić information content (AvgIpc) is 2.85. The van der Waals surface area contributed by atoms with Gasteiger partial charge in [-0.1, -0.05) is 13.8 Å². The highest BCUT2D eigenvalue weighted by Gasteiger charge is 2.32. The van der Waals surface area contributed by atoms with Crippen LogP contribution in [0.1, 0.15) is 20.3 Å². The van der Waals surface area contributed by atoms with Crippen molar-refractivity contribution in [2.45, 2.75) is 32.4 Å². The molecule has 1 aromatic carbocycles. The highest BCUT2D eigenvalue weighted by atomic mass is 19.2. The molecule has 0 unspecified atom stereocenters. The van der Waals surface area contributed by atoms with Gasteiger partial charge in [-0.15, -0.1) is 0 Å². The lowest BCUT2D eigenvalue weighted by atomic mass is 10.0. The first-order valence-electron chi connectivity index (χ1n) is 10.8. The maximum atomic E-state index is 13.8. The zero-order valence-corrected chi connectivity index (χ0v) is 19.9. The molecule has 38 heavy (non-hydrogen) atoms. The normalized spacial score (nSPS) is 12.3. The minimum atomic E-state index is -1.93. The van der Waals surface area contributed by atoms with E-state index in [4.69, 9.17) is 5.11 Å². The van der Waals surface area contributed by atoms with Crippen LogP contribution in [-0.2, 0) is 24.0 Å². The number of ether oxygens (including phenoxy) is 1. The molecule has 0 saturated carbocycles. The summed E-state index contributed by atoms with van der Waals surface area (Å²) in [7, 11) is 0. The molecule has 0 spiro atoms. The van der Waals surface area contributed by atoms with E-state index in [-0.39, 0.29) is 11.8 Å². The van der Waals surface area contributed by atoms with E-state index in [1.54, 1.807) is 0 Å². The quantitative estimate of drug-likeness (QED) is 0.188. The second kappa shape index (κ2) is 13.1. The third-order valence-corrected chi connectivity index (χ3v) is 4.89. The Kier molecular flexibility index (Phi) is 10.2.